The largest absolute Gasteiger partial charge is 0.398 e. The van der Waals surface area contributed by atoms with Gasteiger partial charge in [0, 0.05) is 16.8 Å². The SMILES string of the molecule is Nc1ccc(Cl)cc1C(=O)Nc1cc(Cl)ncn1. The summed E-state index contributed by atoms with van der Waals surface area (Å²) in [7, 11) is 0. The minimum Gasteiger partial charge on any atom is -0.398 e. The number of aromatic nitrogens is 2. The fourth-order valence-electron chi connectivity index (χ4n) is 1.31. The molecule has 0 spiro atoms. The molecule has 3 N–H and O–H groups in total. The van der Waals surface area contributed by atoms with E-state index in [-0.39, 0.29) is 10.7 Å². The predicted octanol–water partition coefficient (Wildman–Crippen LogP) is 2.62. The summed E-state index contributed by atoms with van der Waals surface area (Å²) in [5, 5.41) is 3.22. The summed E-state index contributed by atoms with van der Waals surface area (Å²) in [4.78, 5) is 19.5. The lowest BCUT2D eigenvalue weighted by atomic mass is 10.1. The first-order chi connectivity index (χ1) is 8.56. The van der Waals surface area contributed by atoms with Crippen LogP contribution in [0.2, 0.25) is 10.2 Å². The van der Waals surface area contributed by atoms with Gasteiger partial charge in [-0.15, -0.1) is 0 Å². The topological polar surface area (TPSA) is 80.9 Å². The van der Waals surface area contributed by atoms with Gasteiger partial charge in [-0.3, -0.25) is 4.79 Å². The summed E-state index contributed by atoms with van der Waals surface area (Å²) in [6.45, 7) is 0. The van der Waals surface area contributed by atoms with Crippen LogP contribution in [0.4, 0.5) is 11.5 Å². The van der Waals surface area contributed by atoms with Gasteiger partial charge in [0.25, 0.3) is 5.91 Å². The number of nitrogen functional groups attached to an aromatic ring is 1. The van der Waals surface area contributed by atoms with Crippen LogP contribution in [0.15, 0.2) is 30.6 Å². The quantitative estimate of drug-likeness (QED) is 0.655. The molecule has 92 valence electrons. The van der Waals surface area contributed by atoms with E-state index >= 15 is 0 Å². The Labute approximate surface area is 113 Å². The van der Waals surface area contributed by atoms with Crippen LogP contribution in [0.25, 0.3) is 0 Å². The number of nitrogens with one attached hydrogen (secondary N) is 1. The van der Waals surface area contributed by atoms with Gasteiger partial charge in [0.05, 0.1) is 5.56 Å². The third kappa shape index (κ3) is 2.88. The molecule has 0 aliphatic heterocycles. The second-order valence-electron chi connectivity index (χ2n) is 3.41. The van der Waals surface area contributed by atoms with E-state index in [4.69, 9.17) is 28.9 Å². The van der Waals surface area contributed by atoms with Gasteiger partial charge in [-0.25, -0.2) is 9.97 Å². The molecule has 0 saturated heterocycles. The Kier molecular flexibility index (Phi) is 3.64. The fourth-order valence-corrected chi connectivity index (χ4v) is 1.63. The summed E-state index contributed by atoms with van der Waals surface area (Å²) in [5.41, 5.74) is 6.30. The van der Waals surface area contributed by atoms with Crippen molar-refractivity contribution in [3.8, 4) is 0 Å². The van der Waals surface area contributed by atoms with Crippen LogP contribution < -0.4 is 11.1 Å². The average molecular weight is 283 g/mol. The Morgan fingerprint density at radius 2 is 2.00 bits per heavy atom. The Bertz CT molecular complexity index is 603. The van der Waals surface area contributed by atoms with Crippen LogP contribution in [-0.4, -0.2) is 15.9 Å². The second-order valence-corrected chi connectivity index (χ2v) is 4.24. The van der Waals surface area contributed by atoms with Gasteiger partial charge in [-0.1, -0.05) is 23.2 Å². The smallest absolute Gasteiger partial charge is 0.258 e. The molecular formula is C11H8Cl2N4O. The van der Waals surface area contributed by atoms with Crippen molar-refractivity contribution in [1.29, 1.82) is 0 Å². The molecule has 7 heteroatoms. The van der Waals surface area contributed by atoms with Crippen molar-refractivity contribution >= 4 is 40.6 Å². The number of hydrogen-bond donors (Lipinski definition) is 2. The molecule has 0 aliphatic carbocycles. The van der Waals surface area contributed by atoms with E-state index in [1.165, 1.54) is 18.5 Å². The van der Waals surface area contributed by atoms with Crippen LogP contribution in [0.1, 0.15) is 10.4 Å². The molecule has 1 amide bonds. The standard InChI is InChI=1S/C11H8Cl2N4O/c12-6-1-2-8(14)7(3-6)11(18)17-10-4-9(13)15-5-16-10/h1-5H,14H2,(H,15,16,17,18). The van der Waals surface area contributed by atoms with Crippen molar-refractivity contribution < 1.29 is 4.79 Å². The molecule has 0 bridgehead atoms. The van der Waals surface area contributed by atoms with E-state index < -0.39 is 5.91 Å². The average Bonchev–Trinajstić information content (AvgIpc) is 2.32. The van der Waals surface area contributed by atoms with E-state index in [0.29, 0.717) is 16.5 Å². The molecule has 2 rings (SSSR count). The molecule has 1 heterocycles. The van der Waals surface area contributed by atoms with Gasteiger partial charge in [-0.05, 0) is 18.2 Å². The number of halogens is 2. The molecule has 1 aromatic carbocycles. The summed E-state index contributed by atoms with van der Waals surface area (Å²) in [5.74, 6) is -0.121. The molecule has 0 unspecified atom stereocenters. The number of amides is 1. The maximum Gasteiger partial charge on any atom is 0.258 e. The number of hydrogen-bond acceptors (Lipinski definition) is 4. The monoisotopic (exact) mass is 282 g/mol. The maximum absolute atomic E-state index is 11.9. The normalized spacial score (nSPS) is 10.1. The highest BCUT2D eigenvalue weighted by molar-refractivity contribution is 6.31. The minimum absolute atomic E-state index is 0.236. The Hall–Kier alpha value is -1.85. The molecule has 2 aromatic rings. The molecule has 1 aromatic heterocycles. The molecule has 5 nitrogen and oxygen atoms in total. The highest BCUT2D eigenvalue weighted by Crippen LogP contribution is 2.19. The van der Waals surface area contributed by atoms with E-state index in [1.54, 1.807) is 12.1 Å². The summed E-state index contributed by atoms with van der Waals surface area (Å²) >= 11 is 11.5. The van der Waals surface area contributed by atoms with E-state index in [0.717, 1.165) is 0 Å². The van der Waals surface area contributed by atoms with Gasteiger partial charge in [0.1, 0.15) is 17.3 Å². The highest BCUT2D eigenvalue weighted by Gasteiger charge is 2.11. The Balaban J connectivity index is 2.24. The zero-order valence-electron chi connectivity index (χ0n) is 9.02. The number of nitrogens with zero attached hydrogens (tertiary/aromatic N) is 2. The van der Waals surface area contributed by atoms with E-state index in [2.05, 4.69) is 15.3 Å². The van der Waals surface area contributed by atoms with Gasteiger partial charge < -0.3 is 11.1 Å². The number of benzene rings is 1. The van der Waals surface area contributed by atoms with Gasteiger partial charge in [-0.2, -0.15) is 0 Å². The third-order valence-corrected chi connectivity index (χ3v) is 2.58. The molecule has 0 aliphatic rings. The number of carbonyl (C=O) groups excluding carboxylic acids is 1. The summed E-state index contributed by atoms with van der Waals surface area (Å²) in [6.07, 6.45) is 1.25. The van der Waals surface area contributed by atoms with Crippen LogP contribution in [0, 0.1) is 0 Å². The zero-order chi connectivity index (χ0) is 13.1. The Morgan fingerprint density at radius 3 is 2.72 bits per heavy atom. The number of carbonyl (C=O) groups is 1. The highest BCUT2D eigenvalue weighted by atomic mass is 35.5. The lowest BCUT2D eigenvalue weighted by Gasteiger charge is -2.07. The van der Waals surface area contributed by atoms with Crippen molar-refractivity contribution in [3.63, 3.8) is 0 Å². The molecule has 0 radical (unpaired) electrons. The first-order valence-corrected chi connectivity index (χ1v) is 5.66. The van der Waals surface area contributed by atoms with Crippen LogP contribution in [0.3, 0.4) is 0 Å². The number of nitrogens with two attached hydrogens (primary N) is 1. The molecule has 0 atom stereocenters. The van der Waals surface area contributed by atoms with Gasteiger partial charge >= 0.3 is 0 Å². The third-order valence-electron chi connectivity index (χ3n) is 2.14. The molecule has 0 saturated carbocycles. The molecule has 0 fully saturated rings. The van der Waals surface area contributed by atoms with Gasteiger partial charge in [0.2, 0.25) is 0 Å². The number of anilines is 2. The van der Waals surface area contributed by atoms with Crippen LogP contribution in [-0.2, 0) is 0 Å². The van der Waals surface area contributed by atoms with Gasteiger partial charge in [0.15, 0.2) is 0 Å². The van der Waals surface area contributed by atoms with Crippen molar-refractivity contribution in [3.05, 3.63) is 46.3 Å². The molecule has 18 heavy (non-hydrogen) atoms. The number of rotatable bonds is 2. The predicted molar refractivity (Wildman–Crippen MR) is 70.9 cm³/mol. The second kappa shape index (κ2) is 5.20. The summed E-state index contributed by atoms with van der Waals surface area (Å²) < 4.78 is 0. The minimum atomic E-state index is -0.412. The zero-order valence-corrected chi connectivity index (χ0v) is 10.5. The lowest BCUT2D eigenvalue weighted by molar-refractivity contribution is 0.102. The lowest BCUT2D eigenvalue weighted by Crippen LogP contribution is -2.15. The van der Waals surface area contributed by atoms with Crippen molar-refractivity contribution in [2.24, 2.45) is 0 Å². The first-order valence-electron chi connectivity index (χ1n) is 4.90. The van der Waals surface area contributed by atoms with E-state index in [9.17, 15) is 4.79 Å². The van der Waals surface area contributed by atoms with Crippen LogP contribution >= 0.6 is 23.2 Å². The van der Waals surface area contributed by atoms with Crippen LogP contribution in [0.5, 0.6) is 0 Å². The summed E-state index contributed by atoms with van der Waals surface area (Å²) in [6, 6.07) is 6.08. The van der Waals surface area contributed by atoms with Crippen molar-refractivity contribution in [2.45, 2.75) is 0 Å². The van der Waals surface area contributed by atoms with Crippen molar-refractivity contribution in [1.82, 2.24) is 9.97 Å². The maximum atomic E-state index is 11.9. The van der Waals surface area contributed by atoms with E-state index in [1.807, 2.05) is 0 Å². The molecular weight excluding hydrogens is 275 g/mol. The Morgan fingerprint density at radius 1 is 1.22 bits per heavy atom. The fraction of sp³-hybridized carbons (Fsp3) is 0. The van der Waals surface area contributed by atoms with Crippen molar-refractivity contribution in [2.75, 3.05) is 11.1 Å². The first kappa shape index (κ1) is 12.6.